The number of H-pyrrole nitrogens is 1. The maximum absolute atomic E-state index is 12.4. The van der Waals surface area contributed by atoms with Crippen LogP contribution in [0.4, 0.5) is 0 Å². The van der Waals surface area contributed by atoms with Crippen LogP contribution in [-0.2, 0) is 11.2 Å². The first-order valence-corrected chi connectivity index (χ1v) is 7.37. The lowest BCUT2D eigenvalue weighted by Gasteiger charge is -2.24. The minimum absolute atomic E-state index is 0.0362. The average molecular weight is 289 g/mol. The predicted molar refractivity (Wildman–Crippen MR) is 83.9 cm³/mol. The molecule has 0 fully saturated rings. The quantitative estimate of drug-likeness (QED) is 0.718. The van der Waals surface area contributed by atoms with E-state index in [4.69, 9.17) is 10.8 Å². The van der Waals surface area contributed by atoms with E-state index in [2.05, 4.69) is 4.98 Å². The first-order valence-electron chi connectivity index (χ1n) is 7.37. The molecule has 2 rings (SSSR count). The van der Waals surface area contributed by atoms with Crippen LogP contribution < -0.4 is 5.73 Å². The van der Waals surface area contributed by atoms with Crippen LogP contribution in [0.15, 0.2) is 30.5 Å². The van der Waals surface area contributed by atoms with E-state index in [0.29, 0.717) is 19.5 Å². The number of rotatable bonds is 7. The summed E-state index contributed by atoms with van der Waals surface area (Å²) in [7, 11) is 0. The Kier molecular flexibility index (Phi) is 5.36. The first-order chi connectivity index (χ1) is 10.2. The van der Waals surface area contributed by atoms with Gasteiger partial charge in [-0.2, -0.15) is 0 Å². The van der Waals surface area contributed by atoms with Crippen LogP contribution in [0.2, 0.25) is 0 Å². The molecule has 1 amide bonds. The molecule has 0 spiro atoms. The van der Waals surface area contributed by atoms with Crippen LogP contribution >= 0.6 is 0 Å². The second-order valence-corrected chi connectivity index (χ2v) is 5.22. The fourth-order valence-electron chi connectivity index (χ4n) is 2.58. The van der Waals surface area contributed by atoms with Crippen LogP contribution in [0.25, 0.3) is 10.9 Å². The Morgan fingerprint density at radius 1 is 1.38 bits per heavy atom. The third-order valence-electron chi connectivity index (χ3n) is 3.61. The smallest absolute Gasteiger partial charge is 0.239 e. The largest absolute Gasteiger partial charge is 0.395 e. The van der Waals surface area contributed by atoms with E-state index in [0.717, 1.165) is 22.9 Å². The number of fused-ring (bicyclic) bond motifs is 1. The number of nitrogens with two attached hydrogens (primary N) is 1. The van der Waals surface area contributed by atoms with Crippen molar-refractivity contribution in [2.45, 2.75) is 25.8 Å². The molecule has 1 aromatic carbocycles. The molecule has 0 aliphatic carbocycles. The third kappa shape index (κ3) is 3.62. The highest BCUT2D eigenvalue weighted by atomic mass is 16.3. The number of aliphatic hydroxyl groups is 1. The van der Waals surface area contributed by atoms with Crippen molar-refractivity contribution in [3.05, 3.63) is 36.0 Å². The van der Waals surface area contributed by atoms with Gasteiger partial charge < -0.3 is 20.7 Å². The van der Waals surface area contributed by atoms with Crippen LogP contribution in [0, 0.1) is 0 Å². The second-order valence-electron chi connectivity index (χ2n) is 5.22. The monoisotopic (exact) mass is 289 g/mol. The molecule has 0 radical (unpaired) electrons. The molecule has 1 aromatic heterocycles. The van der Waals surface area contributed by atoms with Gasteiger partial charge in [0.1, 0.15) is 0 Å². The van der Waals surface area contributed by atoms with E-state index >= 15 is 0 Å². The summed E-state index contributed by atoms with van der Waals surface area (Å²) >= 11 is 0. The van der Waals surface area contributed by atoms with Gasteiger partial charge in [-0.1, -0.05) is 25.1 Å². The molecule has 0 aliphatic heterocycles. The minimum atomic E-state index is -0.581. The molecular formula is C16H23N3O2. The molecule has 4 N–H and O–H groups in total. The van der Waals surface area contributed by atoms with E-state index in [9.17, 15) is 4.79 Å². The predicted octanol–water partition coefficient (Wildman–Crippen LogP) is 1.27. The standard InChI is InChI=1S/C16H23N3O2/c1-2-7-19(8-9-20)16(21)14(17)10-12-11-18-15-6-4-3-5-13(12)15/h3-6,11,14,18,20H,2,7-10,17H2,1H3. The highest BCUT2D eigenvalue weighted by Gasteiger charge is 2.21. The topological polar surface area (TPSA) is 82.3 Å². The van der Waals surface area contributed by atoms with Gasteiger partial charge in [-0.25, -0.2) is 0 Å². The lowest BCUT2D eigenvalue weighted by Crippen LogP contribution is -2.46. The van der Waals surface area contributed by atoms with Gasteiger partial charge in [0.2, 0.25) is 5.91 Å². The summed E-state index contributed by atoms with van der Waals surface area (Å²) in [6.45, 7) is 2.93. The molecule has 0 saturated heterocycles. The van der Waals surface area contributed by atoms with E-state index in [1.165, 1.54) is 0 Å². The van der Waals surface area contributed by atoms with E-state index < -0.39 is 6.04 Å². The summed E-state index contributed by atoms with van der Waals surface area (Å²) in [5.74, 6) is -0.101. The van der Waals surface area contributed by atoms with Crippen LogP contribution in [-0.4, -0.2) is 46.6 Å². The first kappa shape index (κ1) is 15.5. The van der Waals surface area contributed by atoms with Crippen molar-refractivity contribution in [2.75, 3.05) is 19.7 Å². The number of carbonyl (C=O) groups is 1. The molecule has 5 heteroatoms. The number of benzene rings is 1. The van der Waals surface area contributed by atoms with Crippen molar-refractivity contribution in [3.63, 3.8) is 0 Å². The van der Waals surface area contributed by atoms with E-state index in [-0.39, 0.29) is 12.5 Å². The third-order valence-corrected chi connectivity index (χ3v) is 3.61. The van der Waals surface area contributed by atoms with Gasteiger partial charge in [0.15, 0.2) is 0 Å². The van der Waals surface area contributed by atoms with Crippen molar-refractivity contribution in [1.82, 2.24) is 9.88 Å². The fourth-order valence-corrected chi connectivity index (χ4v) is 2.58. The summed E-state index contributed by atoms with van der Waals surface area (Å²) < 4.78 is 0. The molecule has 2 aromatic rings. The number of para-hydroxylation sites is 1. The number of hydrogen-bond donors (Lipinski definition) is 3. The van der Waals surface area contributed by atoms with Crippen molar-refractivity contribution in [3.8, 4) is 0 Å². The maximum atomic E-state index is 12.4. The number of aromatic nitrogens is 1. The highest BCUT2D eigenvalue weighted by molar-refractivity contribution is 5.86. The number of aliphatic hydroxyl groups excluding tert-OH is 1. The van der Waals surface area contributed by atoms with Gasteiger partial charge in [0.05, 0.1) is 12.6 Å². The average Bonchev–Trinajstić information content (AvgIpc) is 2.89. The summed E-state index contributed by atoms with van der Waals surface area (Å²) in [4.78, 5) is 17.2. The Hall–Kier alpha value is -1.85. The SMILES string of the molecule is CCCN(CCO)C(=O)C(N)Cc1c[nH]c2ccccc12. The number of aromatic amines is 1. The molecule has 0 bridgehead atoms. The molecule has 5 nitrogen and oxygen atoms in total. The summed E-state index contributed by atoms with van der Waals surface area (Å²) in [5, 5.41) is 10.2. The number of nitrogens with zero attached hydrogens (tertiary/aromatic N) is 1. The summed E-state index contributed by atoms with van der Waals surface area (Å²) in [6.07, 6.45) is 3.26. The van der Waals surface area contributed by atoms with Gasteiger partial charge >= 0.3 is 0 Å². The summed E-state index contributed by atoms with van der Waals surface area (Å²) in [6, 6.07) is 7.39. The molecule has 0 aliphatic rings. The number of carbonyl (C=O) groups excluding carboxylic acids is 1. The maximum Gasteiger partial charge on any atom is 0.239 e. The molecular weight excluding hydrogens is 266 g/mol. The Morgan fingerprint density at radius 2 is 2.14 bits per heavy atom. The normalized spacial score (nSPS) is 12.5. The minimum Gasteiger partial charge on any atom is -0.395 e. The number of nitrogens with one attached hydrogen (secondary N) is 1. The van der Waals surface area contributed by atoms with Crippen molar-refractivity contribution in [1.29, 1.82) is 0 Å². The lowest BCUT2D eigenvalue weighted by molar-refractivity contribution is -0.133. The van der Waals surface area contributed by atoms with Crippen LogP contribution in [0.3, 0.4) is 0 Å². The van der Waals surface area contributed by atoms with Gasteiger partial charge in [0, 0.05) is 30.2 Å². The zero-order chi connectivity index (χ0) is 15.2. The Balaban J connectivity index is 2.09. The van der Waals surface area contributed by atoms with Crippen molar-refractivity contribution in [2.24, 2.45) is 5.73 Å². The molecule has 0 saturated carbocycles. The van der Waals surface area contributed by atoms with Gasteiger partial charge in [-0.15, -0.1) is 0 Å². The van der Waals surface area contributed by atoms with Crippen LogP contribution in [0.1, 0.15) is 18.9 Å². The number of hydrogen-bond acceptors (Lipinski definition) is 3. The van der Waals surface area contributed by atoms with Crippen molar-refractivity contribution >= 4 is 16.8 Å². The Bertz CT molecular complexity index is 588. The second kappa shape index (κ2) is 7.24. The zero-order valence-corrected chi connectivity index (χ0v) is 12.4. The molecule has 114 valence electrons. The van der Waals surface area contributed by atoms with Crippen molar-refractivity contribution < 1.29 is 9.90 Å². The Morgan fingerprint density at radius 3 is 2.86 bits per heavy atom. The fraction of sp³-hybridized carbons (Fsp3) is 0.438. The van der Waals surface area contributed by atoms with E-state index in [1.54, 1.807) is 4.90 Å². The van der Waals surface area contributed by atoms with Gasteiger partial charge in [0.25, 0.3) is 0 Å². The highest BCUT2D eigenvalue weighted by Crippen LogP contribution is 2.19. The molecule has 21 heavy (non-hydrogen) atoms. The van der Waals surface area contributed by atoms with E-state index in [1.807, 2.05) is 37.4 Å². The van der Waals surface area contributed by atoms with Gasteiger partial charge in [-0.3, -0.25) is 4.79 Å². The lowest BCUT2D eigenvalue weighted by atomic mass is 10.0. The number of amides is 1. The van der Waals surface area contributed by atoms with Gasteiger partial charge in [-0.05, 0) is 24.5 Å². The van der Waals surface area contributed by atoms with Crippen LogP contribution in [0.5, 0.6) is 0 Å². The Labute approximate surface area is 124 Å². The molecule has 1 unspecified atom stereocenters. The molecule has 1 atom stereocenters. The summed E-state index contributed by atoms with van der Waals surface area (Å²) in [5.41, 5.74) is 8.17. The molecule has 1 heterocycles. The zero-order valence-electron chi connectivity index (χ0n) is 12.4.